The highest BCUT2D eigenvalue weighted by molar-refractivity contribution is 9.10. The first kappa shape index (κ1) is 17.4. The monoisotopic (exact) mass is 425 g/mol. The van der Waals surface area contributed by atoms with E-state index in [0.717, 1.165) is 11.0 Å². The molecule has 0 spiro atoms. The smallest absolute Gasteiger partial charge is 0.249 e. The summed E-state index contributed by atoms with van der Waals surface area (Å²) < 4.78 is 6.81. The average Bonchev–Trinajstić information content (AvgIpc) is 2.97. The molecule has 0 N–H and O–H groups in total. The van der Waals surface area contributed by atoms with Gasteiger partial charge in [-0.15, -0.1) is 10.2 Å². The number of nitrogens with zero attached hydrogens (tertiary/aromatic N) is 3. The van der Waals surface area contributed by atoms with Crippen molar-refractivity contribution < 1.29 is 4.42 Å². The van der Waals surface area contributed by atoms with Crippen LogP contribution in [0, 0.1) is 0 Å². The zero-order valence-electron chi connectivity index (χ0n) is 12.8. The van der Waals surface area contributed by atoms with Crippen molar-refractivity contribution >= 4 is 39.1 Å². The summed E-state index contributed by atoms with van der Waals surface area (Å²) in [5, 5.41) is 9.22. The van der Waals surface area contributed by atoms with Gasteiger partial charge in [0.25, 0.3) is 0 Å². The van der Waals surface area contributed by atoms with E-state index in [1.807, 2.05) is 25.2 Å². The van der Waals surface area contributed by atoms with Gasteiger partial charge in [0, 0.05) is 16.0 Å². The van der Waals surface area contributed by atoms with Crippen LogP contribution in [-0.4, -0.2) is 22.1 Å². The third-order valence-electron chi connectivity index (χ3n) is 3.43. The lowest BCUT2D eigenvalue weighted by molar-refractivity contribution is 0.282. The van der Waals surface area contributed by atoms with E-state index in [9.17, 15) is 0 Å². The fourth-order valence-corrected chi connectivity index (χ4v) is 3.19. The Bertz CT molecular complexity index is 853. The summed E-state index contributed by atoms with van der Waals surface area (Å²) in [6.45, 7) is 1.31. The first-order valence-electron chi connectivity index (χ1n) is 7.22. The van der Waals surface area contributed by atoms with Gasteiger partial charge in [-0.2, -0.15) is 0 Å². The largest absolute Gasteiger partial charge is 0.419 e. The maximum atomic E-state index is 6.18. The minimum Gasteiger partial charge on any atom is -0.419 e. The van der Waals surface area contributed by atoms with Crippen molar-refractivity contribution in [1.29, 1.82) is 0 Å². The van der Waals surface area contributed by atoms with Gasteiger partial charge >= 0.3 is 0 Å². The van der Waals surface area contributed by atoms with Crippen LogP contribution >= 0.6 is 39.1 Å². The van der Waals surface area contributed by atoms with Crippen LogP contribution in [0.2, 0.25) is 10.0 Å². The van der Waals surface area contributed by atoms with Gasteiger partial charge in [-0.1, -0.05) is 57.3 Å². The van der Waals surface area contributed by atoms with Crippen molar-refractivity contribution in [2.75, 3.05) is 7.05 Å². The molecule has 1 heterocycles. The first-order valence-corrected chi connectivity index (χ1v) is 8.77. The van der Waals surface area contributed by atoms with Gasteiger partial charge in [-0.25, -0.2) is 0 Å². The first-order chi connectivity index (χ1) is 11.5. The third kappa shape index (κ3) is 4.16. The van der Waals surface area contributed by atoms with E-state index in [-0.39, 0.29) is 0 Å². The molecule has 0 aliphatic heterocycles. The van der Waals surface area contributed by atoms with Crippen molar-refractivity contribution in [2.45, 2.75) is 13.1 Å². The van der Waals surface area contributed by atoms with Crippen molar-refractivity contribution in [3.63, 3.8) is 0 Å². The fourth-order valence-electron chi connectivity index (χ4n) is 2.29. The Balaban J connectivity index is 1.71. The summed E-state index contributed by atoms with van der Waals surface area (Å²) in [5.74, 6) is 0.923. The van der Waals surface area contributed by atoms with E-state index < -0.39 is 0 Å². The maximum Gasteiger partial charge on any atom is 0.249 e. The summed E-state index contributed by atoms with van der Waals surface area (Å²) in [6, 6.07) is 13.3. The molecule has 7 heteroatoms. The van der Waals surface area contributed by atoms with Gasteiger partial charge in [0.15, 0.2) is 0 Å². The van der Waals surface area contributed by atoms with Crippen molar-refractivity contribution in [3.05, 3.63) is 68.4 Å². The van der Waals surface area contributed by atoms with Gasteiger partial charge in [-0.05, 0) is 36.9 Å². The van der Waals surface area contributed by atoms with Crippen molar-refractivity contribution in [1.82, 2.24) is 15.1 Å². The molecule has 0 aliphatic carbocycles. The molecule has 0 fully saturated rings. The maximum absolute atomic E-state index is 6.18. The van der Waals surface area contributed by atoms with E-state index in [1.165, 1.54) is 5.56 Å². The Morgan fingerprint density at radius 2 is 1.88 bits per heavy atom. The number of hydrogen-bond acceptors (Lipinski definition) is 4. The summed E-state index contributed by atoms with van der Waals surface area (Å²) in [6.07, 6.45) is 0. The Kier molecular flexibility index (Phi) is 5.56. The minimum atomic E-state index is 0.390. The SMILES string of the molecule is CN(Cc1nnc(-c2ccc(Cl)cc2Cl)o1)Cc1ccccc1Br. The molecule has 0 saturated carbocycles. The standard InChI is InChI=1S/C17H14BrCl2N3O/c1-23(9-11-4-2-3-5-14(11)18)10-16-21-22-17(24-16)13-7-6-12(19)8-15(13)20/h2-8H,9-10H2,1H3. The molecular formula is C17H14BrCl2N3O. The molecule has 0 aliphatic rings. The van der Waals surface area contributed by atoms with Crippen molar-refractivity contribution in [3.8, 4) is 11.5 Å². The zero-order chi connectivity index (χ0) is 17.1. The van der Waals surface area contributed by atoms with Crippen LogP contribution in [0.4, 0.5) is 0 Å². The Morgan fingerprint density at radius 1 is 1.08 bits per heavy atom. The van der Waals surface area contributed by atoms with E-state index in [0.29, 0.717) is 33.9 Å². The van der Waals surface area contributed by atoms with Gasteiger partial charge in [0.1, 0.15) is 0 Å². The van der Waals surface area contributed by atoms with E-state index in [1.54, 1.807) is 18.2 Å². The van der Waals surface area contributed by atoms with E-state index in [4.69, 9.17) is 27.6 Å². The number of aromatic nitrogens is 2. The predicted molar refractivity (Wildman–Crippen MR) is 99.1 cm³/mol. The van der Waals surface area contributed by atoms with Crippen LogP contribution in [0.5, 0.6) is 0 Å². The molecule has 4 nitrogen and oxygen atoms in total. The Labute approximate surface area is 158 Å². The number of benzene rings is 2. The molecule has 0 unspecified atom stereocenters. The van der Waals surface area contributed by atoms with Gasteiger partial charge in [0.05, 0.1) is 17.1 Å². The molecule has 1 aromatic heterocycles. The van der Waals surface area contributed by atoms with Crippen LogP contribution in [0.25, 0.3) is 11.5 Å². The normalized spacial score (nSPS) is 11.2. The van der Waals surface area contributed by atoms with E-state index in [2.05, 4.69) is 37.1 Å². The van der Waals surface area contributed by atoms with Crippen LogP contribution in [0.1, 0.15) is 11.5 Å². The molecule has 2 aromatic carbocycles. The summed E-state index contributed by atoms with van der Waals surface area (Å²) in [5.41, 5.74) is 1.87. The molecule has 0 atom stereocenters. The highest BCUT2D eigenvalue weighted by atomic mass is 79.9. The highest BCUT2D eigenvalue weighted by Crippen LogP contribution is 2.29. The molecule has 0 radical (unpaired) electrons. The lowest BCUT2D eigenvalue weighted by Gasteiger charge is -2.15. The molecular weight excluding hydrogens is 413 g/mol. The lowest BCUT2D eigenvalue weighted by Crippen LogP contribution is -2.17. The third-order valence-corrected chi connectivity index (χ3v) is 4.75. The van der Waals surface area contributed by atoms with Gasteiger partial charge in [-0.3, -0.25) is 4.90 Å². The number of rotatable bonds is 5. The van der Waals surface area contributed by atoms with Crippen LogP contribution in [-0.2, 0) is 13.1 Å². The molecule has 124 valence electrons. The van der Waals surface area contributed by atoms with Gasteiger partial charge in [0.2, 0.25) is 11.8 Å². The average molecular weight is 427 g/mol. The molecule has 3 aromatic rings. The zero-order valence-corrected chi connectivity index (χ0v) is 15.9. The summed E-state index contributed by atoms with van der Waals surface area (Å²) in [7, 11) is 2.00. The molecule has 24 heavy (non-hydrogen) atoms. The Hall–Kier alpha value is -1.40. The van der Waals surface area contributed by atoms with Gasteiger partial charge < -0.3 is 4.42 Å². The molecule has 0 amide bonds. The number of hydrogen-bond donors (Lipinski definition) is 0. The van der Waals surface area contributed by atoms with Crippen LogP contribution in [0.15, 0.2) is 51.4 Å². The highest BCUT2D eigenvalue weighted by Gasteiger charge is 2.14. The summed E-state index contributed by atoms with van der Waals surface area (Å²) >= 11 is 15.6. The van der Waals surface area contributed by atoms with Crippen molar-refractivity contribution in [2.24, 2.45) is 0 Å². The molecule has 0 saturated heterocycles. The predicted octanol–water partition coefficient (Wildman–Crippen LogP) is 5.44. The molecule has 0 bridgehead atoms. The van der Waals surface area contributed by atoms with E-state index >= 15 is 0 Å². The fraction of sp³-hybridized carbons (Fsp3) is 0.176. The van der Waals surface area contributed by atoms with Crippen LogP contribution < -0.4 is 0 Å². The minimum absolute atomic E-state index is 0.390. The quantitative estimate of drug-likeness (QED) is 0.544. The lowest BCUT2D eigenvalue weighted by atomic mass is 10.2. The summed E-state index contributed by atoms with van der Waals surface area (Å²) in [4.78, 5) is 2.10. The number of halogens is 3. The second-order valence-corrected chi connectivity index (χ2v) is 7.09. The molecule has 3 rings (SSSR count). The van der Waals surface area contributed by atoms with Crippen LogP contribution in [0.3, 0.4) is 0 Å². The topological polar surface area (TPSA) is 42.2 Å². The second-order valence-electron chi connectivity index (χ2n) is 5.39. The second kappa shape index (κ2) is 7.66. The Morgan fingerprint density at radius 3 is 2.62 bits per heavy atom.